The highest BCUT2D eigenvalue weighted by atomic mass is 35.5. The summed E-state index contributed by atoms with van der Waals surface area (Å²) in [7, 11) is 0. The van der Waals surface area contributed by atoms with E-state index in [-0.39, 0.29) is 31.4 Å². The number of amides is 1. The summed E-state index contributed by atoms with van der Waals surface area (Å²) in [5.41, 5.74) is 3.75. The summed E-state index contributed by atoms with van der Waals surface area (Å²) in [6, 6.07) is 17.2. The summed E-state index contributed by atoms with van der Waals surface area (Å²) in [6.45, 7) is 4.14. The van der Waals surface area contributed by atoms with E-state index in [9.17, 15) is 4.79 Å². The Morgan fingerprint density at radius 1 is 1.15 bits per heavy atom. The van der Waals surface area contributed by atoms with E-state index >= 15 is 0 Å². The number of aromatic nitrogens is 1. The van der Waals surface area contributed by atoms with Crippen molar-refractivity contribution in [2.24, 2.45) is 0 Å². The summed E-state index contributed by atoms with van der Waals surface area (Å²) < 4.78 is 6.28. The molecule has 5 nitrogen and oxygen atoms in total. The monoisotopic (exact) mass is 484 g/mol. The zero-order valence-electron chi connectivity index (χ0n) is 18.6. The van der Waals surface area contributed by atoms with Crippen LogP contribution in [0.3, 0.4) is 0 Å². The first-order chi connectivity index (χ1) is 15.8. The third-order valence-corrected chi connectivity index (χ3v) is 6.30. The molecule has 0 radical (unpaired) electrons. The molecule has 0 spiro atoms. The molecular weight excluding hydrogens is 459 g/mol. The minimum atomic E-state index is -0.485. The zero-order chi connectivity index (χ0) is 23.6. The van der Waals surface area contributed by atoms with E-state index in [0.717, 1.165) is 22.3 Å². The van der Waals surface area contributed by atoms with Crippen molar-refractivity contribution in [3.63, 3.8) is 0 Å². The summed E-state index contributed by atoms with van der Waals surface area (Å²) in [5, 5.41) is 13.0. The second-order valence-electron chi connectivity index (χ2n) is 8.81. The first-order valence-electron chi connectivity index (χ1n) is 10.9. The molecule has 0 bridgehead atoms. The Labute approximate surface area is 203 Å². The van der Waals surface area contributed by atoms with E-state index in [1.807, 2.05) is 62.4 Å². The van der Waals surface area contributed by atoms with Crippen LogP contribution in [0.25, 0.3) is 22.4 Å². The number of halogens is 2. The van der Waals surface area contributed by atoms with Gasteiger partial charge in [0, 0.05) is 45.6 Å². The van der Waals surface area contributed by atoms with Crippen molar-refractivity contribution in [2.75, 3.05) is 13.2 Å². The summed E-state index contributed by atoms with van der Waals surface area (Å²) in [6.07, 6.45) is 0.951. The van der Waals surface area contributed by atoms with E-state index in [4.69, 9.17) is 38.0 Å². The average Bonchev–Trinajstić information content (AvgIpc) is 2.77. The van der Waals surface area contributed by atoms with Gasteiger partial charge in [0.15, 0.2) is 0 Å². The Morgan fingerprint density at radius 3 is 2.58 bits per heavy atom. The van der Waals surface area contributed by atoms with Crippen LogP contribution in [0.5, 0.6) is 5.88 Å². The highest BCUT2D eigenvalue weighted by Gasteiger charge is 2.37. The molecule has 1 unspecified atom stereocenters. The zero-order valence-corrected chi connectivity index (χ0v) is 20.1. The highest BCUT2D eigenvalue weighted by Crippen LogP contribution is 2.46. The van der Waals surface area contributed by atoms with Gasteiger partial charge in [-0.3, -0.25) is 4.79 Å². The normalized spacial score (nSPS) is 16.6. The molecule has 1 aliphatic rings. The number of ether oxygens (including phenoxy) is 1. The van der Waals surface area contributed by atoms with Crippen LogP contribution in [0.4, 0.5) is 0 Å². The predicted octanol–water partition coefficient (Wildman–Crippen LogP) is 5.87. The van der Waals surface area contributed by atoms with Crippen molar-refractivity contribution in [3.05, 3.63) is 70.2 Å². The minimum Gasteiger partial charge on any atom is -0.471 e. The number of rotatable bonds is 6. The number of nitrogens with one attached hydrogen (secondary N) is 1. The van der Waals surface area contributed by atoms with Crippen molar-refractivity contribution in [1.29, 1.82) is 0 Å². The molecule has 4 rings (SSSR count). The Kier molecular flexibility index (Phi) is 6.94. The molecule has 3 aromatic rings. The van der Waals surface area contributed by atoms with Gasteiger partial charge in [0.25, 0.3) is 0 Å². The topological polar surface area (TPSA) is 71.5 Å². The lowest BCUT2D eigenvalue weighted by atomic mass is 9.82. The van der Waals surface area contributed by atoms with Gasteiger partial charge in [0.2, 0.25) is 11.8 Å². The molecule has 2 heterocycles. The van der Waals surface area contributed by atoms with E-state index in [0.29, 0.717) is 28.0 Å². The first-order valence-corrected chi connectivity index (χ1v) is 11.7. The SMILES string of the molecule is CC1(C)CC(CC(=O)NCCO)c2cc(-c3ccc(Cl)cc3)c(-c3ccccc3Cl)nc2O1. The number of aliphatic hydroxyl groups is 1. The van der Waals surface area contributed by atoms with Crippen LogP contribution < -0.4 is 10.1 Å². The Bertz CT molecular complexity index is 1160. The van der Waals surface area contributed by atoms with Gasteiger partial charge < -0.3 is 15.2 Å². The third-order valence-electron chi connectivity index (χ3n) is 5.72. The maximum absolute atomic E-state index is 12.5. The number of pyridine rings is 1. The van der Waals surface area contributed by atoms with Gasteiger partial charge in [0.1, 0.15) is 5.60 Å². The van der Waals surface area contributed by atoms with Crippen LogP contribution in [-0.4, -0.2) is 34.8 Å². The van der Waals surface area contributed by atoms with Crippen molar-refractivity contribution in [3.8, 4) is 28.3 Å². The molecule has 2 N–H and O–H groups in total. The van der Waals surface area contributed by atoms with Crippen molar-refractivity contribution < 1.29 is 14.6 Å². The second kappa shape index (κ2) is 9.72. The quantitative estimate of drug-likeness (QED) is 0.459. The predicted molar refractivity (Wildman–Crippen MR) is 132 cm³/mol. The third kappa shape index (κ3) is 5.32. The van der Waals surface area contributed by atoms with Gasteiger partial charge in [-0.25, -0.2) is 4.98 Å². The lowest BCUT2D eigenvalue weighted by Crippen LogP contribution is -2.37. The first kappa shape index (κ1) is 23.6. The number of fused-ring (bicyclic) bond motifs is 1. The molecule has 7 heteroatoms. The van der Waals surface area contributed by atoms with E-state index < -0.39 is 5.60 Å². The number of benzene rings is 2. The minimum absolute atomic E-state index is 0.0821. The van der Waals surface area contributed by atoms with Gasteiger partial charge in [-0.2, -0.15) is 0 Å². The molecule has 172 valence electrons. The molecule has 1 aliphatic heterocycles. The molecule has 2 aromatic carbocycles. The van der Waals surface area contributed by atoms with E-state index in [1.165, 1.54) is 0 Å². The van der Waals surface area contributed by atoms with Gasteiger partial charge in [-0.15, -0.1) is 0 Å². The van der Waals surface area contributed by atoms with E-state index in [2.05, 4.69) is 11.4 Å². The van der Waals surface area contributed by atoms with Gasteiger partial charge in [0.05, 0.1) is 12.3 Å². The fourth-order valence-corrected chi connectivity index (χ4v) is 4.63. The average molecular weight is 485 g/mol. The molecule has 0 aliphatic carbocycles. The van der Waals surface area contributed by atoms with Crippen LogP contribution in [0.15, 0.2) is 54.6 Å². The van der Waals surface area contributed by atoms with Crippen molar-refractivity contribution in [2.45, 2.75) is 38.2 Å². The van der Waals surface area contributed by atoms with Gasteiger partial charge >= 0.3 is 0 Å². The number of hydrogen-bond donors (Lipinski definition) is 2. The van der Waals surface area contributed by atoms with Crippen molar-refractivity contribution in [1.82, 2.24) is 10.3 Å². The van der Waals surface area contributed by atoms with Crippen LogP contribution in [0, 0.1) is 0 Å². The van der Waals surface area contributed by atoms with E-state index in [1.54, 1.807) is 0 Å². The number of aliphatic hydroxyl groups excluding tert-OH is 1. The molecule has 33 heavy (non-hydrogen) atoms. The molecule has 1 amide bonds. The molecule has 0 saturated carbocycles. The van der Waals surface area contributed by atoms with Crippen LogP contribution in [0.1, 0.15) is 38.2 Å². The number of carbonyl (C=O) groups is 1. The van der Waals surface area contributed by atoms with Crippen LogP contribution in [0.2, 0.25) is 10.0 Å². The fraction of sp³-hybridized carbons (Fsp3) is 0.308. The Balaban J connectivity index is 1.87. The van der Waals surface area contributed by atoms with Crippen molar-refractivity contribution >= 4 is 29.1 Å². The molecule has 0 saturated heterocycles. The number of hydrogen-bond acceptors (Lipinski definition) is 4. The maximum atomic E-state index is 12.5. The summed E-state index contributed by atoms with van der Waals surface area (Å²) >= 11 is 12.7. The van der Waals surface area contributed by atoms with Gasteiger partial charge in [-0.05, 0) is 50.1 Å². The molecule has 1 atom stereocenters. The molecule has 0 fully saturated rings. The summed E-state index contributed by atoms with van der Waals surface area (Å²) in [5.74, 6) is 0.320. The highest BCUT2D eigenvalue weighted by molar-refractivity contribution is 6.33. The van der Waals surface area contributed by atoms with Crippen LogP contribution in [-0.2, 0) is 4.79 Å². The molecular formula is C26H26Cl2N2O3. The fourth-order valence-electron chi connectivity index (χ4n) is 4.27. The molecule has 1 aromatic heterocycles. The number of nitrogens with zero attached hydrogens (tertiary/aromatic N) is 1. The van der Waals surface area contributed by atoms with Gasteiger partial charge in [-0.1, -0.05) is 53.5 Å². The standard InChI is InChI=1S/C26H26Cl2N2O3/c1-26(2)15-17(13-23(32)29-11-12-31)21-14-20(16-7-9-18(27)10-8-16)24(30-25(21)33-26)19-5-3-4-6-22(19)28/h3-10,14,17,31H,11-13,15H2,1-2H3,(H,29,32). The smallest absolute Gasteiger partial charge is 0.220 e. The van der Waals surface area contributed by atoms with Crippen LogP contribution >= 0.6 is 23.2 Å². The Hall–Kier alpha value is -2.60. The second-order valence-corrected chi connectivity index (χ2v) is 9.65. The summed E-state index contributed by atoms with van der Waals surface area (Å²) in [4.78, 5) is 17.4. The largest absolute Gasteiger partial charge is 0.471 e. The maximum Gasteiger partial charge on any atom is 0.220 e. The number of carbonyl (C=O) groups excluding carboxylic acids is 1. The Morgan fingerprint density at radius 2 is 1.88 bits per heavy atom. The lowest BCUT2D eigenvalue weighted by Gasteiger charge is -2.37. The lowest BCUT2D eigenvalue weighted by molar-refractivity contribution is -0.122.